The zero-order valence-corrected chi connectivity index (χ0v) is 22.7. The number of hydrogen-bond donors (Lipinski definition) is 0. The van der Waals surface area contributed by atoms with E-state index in [4.69, 9.17) is 0 Å². The first-order chi connectivity index (χ1) is 17.1. The van der Waals surface area contributed by atoms with Gasteiger partial charge in [0.05, 0.1) is 0 Å². The number of halogens is 2. The van der Waals surface area contributed by atoms with Crippen molar-refractivity contribution in [1.82, 2.24) is 0 Å². The maximum atomic E-state index is 3.80. The number of hydrogen-bond acceptors (Lipinski definition) is 0. The van der Waals surface area contributed by atoms with Crippen LogP contribution in [0.1, 0.15) is 0 Å². The van der Waals surface area contributed by atoms with Crippen molar-refractivity contribution in [2.75, 3.05) is 0 Å². The van der Waals surface area contributed by atoms with Crippen LogP contribution < -0.4 is 0 Å². The van der Waals surface area contributed by atoms with E-state index in [0.29, 0.717) is 0 Å². The van der Waals surface area contributed by atoms with E-state index < -0.39 is 10.0 Å². The molecule has 1 aliphatic rings. The van der Waals surface area contributed by atoms with Crippen LogP contribution in [0.3, 0.4) is 0 Å². The highest BCUT2D eigenvalue weighted by molar-refractivity contribution is 9.10. The molecule has 0 bridgehead atoms. The van der Waals surface area contributed by atoms with Gasteiger partial charge in [-0.3, -0.25) is 0 Å². The summed E-state index contributed by atoms with van der Waals surface area (Å²) in [7, 11) is -1.73. The monoisotopic (exact) mass is 594 g/mol. The topological polar surface area (TPSA) is 0 Å². The summed E-state index contributed by atoms with van der Waals surface area (Å²) >= 11 is 7.61. The molecule has 0 N–H and O–H groups in total. The third-order valence-corrected chi connectivity index (χ3v) is 11.9. The van der Waals surface area contributed by atoms with Gasteiger partial charge in [-0.15, -0.1) is 10.0 Å². The first kappa shape index (κ1) is 21.4. The fourth-order valence-corrected chi connectivity index (χ4v) is 10.7. The Bertz CT molecular complexity index is 1650. The normalized spacial score (nSPS) is 14.6. The minimum absolute atomic E-state index is 1.11. The predicted molar refractivity (Wildman–Crippen MR) is 156 cm³/mol. The maximum absolute atomic E-state index is 3.80. The molecule has 0 fully saturated rings. The molecule has 0 spiro atoms. The average Bonchev–Trinajstić information content (AvgIpc) is 3.17. The first-order valence-corrected chi connectivity index (χ1v) is 14.8. The van der Waals surface area contributed by atoms with Gasteiger partial charge in [0.15, 0.2) is 0 Å². The lowest BCUT2D eigenvalue weighted by atomic mass is 10.1. The minimum Gasteiger partial charge on any atom is -0.132 e. The Morgan fingerprint density at radius 1 is 0.400 bits per heavy atom. The molecule has 1 aliphatic heterocycles. The van der Waals surface area contributed by atoms with Crippen molar-refractivity contribution >= 4 is 63.4 Å². The van der Waals surface area contributed by atoms with Crippen molar-refractivity contribution < 1.29 is 0 Å². The third-order valence-electron chi connectivity index (χ3n) is 6.99. The lowest BCUT2D eigenvalue weighted by Crippen LogP contribution is -2.02. The minimum atomic E-state index is -1.73. The zero-order chi connectivity index (χ0) is 23.6. The van der Waals surface area contributed by atoms with Gasteiger partial charge in [-0.1, -0.05) is 105 Å². The van der Waals surface area contributed by atoms with Crippen LogP contribution in [0.25, 0.3) is 32.7 Å². The van der Waals surface area contributed by atoms with Crippen molar-refractivity contribution in [3.63, 3.8) is 0 Å². The largest absolute Gasteiger partial charge is 0.132 e. The van der Waals surface area contributed by atoms with Crippen molar-refractivity contribution in [3.8, 4) is 11.1 Å². The number of rotatable bonds is 2. The molecule has 0 amide bonds. The smallest absolute Gasteiger partial charge is 0.0186 e. The molecule has 0 nitrogen and oxygen atoms in total. The molecule has 35 heavy (non-hydrogen) atoms. The Labute approximate surface area is 223 Å². The van der Waals surface area contributed by atoms with Gasteiger partial charge in [0.1, 0.15) is 0 Å². The summed E-state index contributed by atoms with van der Waals surface area (Å²) in [6.07, 6.45) is 0. The van der Waals surface area contributed by atoms with Crippen LogP contribution in [-0.2, 0) is 0 Å². The molecule has 0 atom stereocenters. The van der Waals surface area contributed by atoms with Crippen LogP contribution in [0.5, 0.6) is 0 Å². The van der Waals surface area contributed by atoms with Crippen LogP contribution in [0, 0.1) is 0 Å². The first-order valence-electron chi connectivity index (χ1n) is 11.6. The highest BCUT2D eigenvalue weighted by Crippen LogP contribution is 2.80. The standard InChI is InChI=1S/C32H20Br2S/c33-25-11-15-29-30-16-12-26(34)20-32(30)35(31(29)19-25,27-13-9-21-5-1-3-7-23(21)17-27)28-14-10-22-6-2-4-8-24(22)18-28/h1-20H. The Balaban J connectivity index is 1.67. The quantitative estimate of drug-likeness (QED) is 0.186. The van der Waals surface area contributed by atoms with Crippen molar-refractivity contribution in [2.45, 2.75) is 19.6 Å². The van der Waals surface area contributed by atoms with E-state index in [1.807, 2.05) is 0 Å². The van der Waals surface area contributed by atoms with Crippen LogP contribution in [-0.4, -0.2) is 0 Å². The highest BCUT2D eigenvalue weighted by Gasteiger charge is 2.42. The fourth-order valence-electron chi connectivity index (χ4n) is 5.42. The second kappa shape index (κ2) is 8.09. The molecule has 1 heterocycles. The molecule has 0 unspecified atom stereocenters. The fraction of sp³-hybridized carbons (Fsp3) is 0. The van der Waals surface area contributed by atoms with E-state index >= 15 is 0 Å². The second-order valence-electron chi connectivity index (χ2n) is 8.91. The second-order valence-corrected chi connectivity index (χ2v) is 13.8. The summed E-state index contributed by atoms with van der Waals surface area (Å²) in [4.78, 5) is 5.52. The molecule has 0 aliphatic carbocycles. The highest BCUT2D eigenvalue weighted by atomic mass is 79.9. The van der Waals surface area contributed by atoms with Crippen molar-refractivity contribution in [3.05, 3.63) is 130 Å². The van der Waals surface area contributed by atoms with E-state index in [9.17, 15) is 0 Å². The van der Waals surface area contributed by atoms with Gasteiger partial charge in [-0.05, 0) is 81.2 Å². The molecule has 0 saturated heterocycles. The zero-order valence-electron chi connectivity index (χ0n) is 18.7. The summed E-state index contributed by atoms with van der Waals surface area (Å²) < 4.78 is 2.23. The van der Waals surface area contributed by atoms with Gasteiger partial charge in [0.2, 0.25) is 0 Å². The Morgan fingerprint density at radius 2 is 0.829 bits per heavy atom. The molecular formula is C32H20Br2S. The Morgan fingerprint density at radius 3 is 1.29 bits per heavy atom. The molecule has 6 aromatic carbocycles. The summed E-state index contributed by atoms with van der Waals surface area (Å²) in [6, 6.07) is 45.0. The van der Waals surface area contributed by atoms with Gasteiger partial charge in [0.25, 0.3) is 0 Å². The Hall–Kier alpha value is -2.85. The molecule has 0 radical (unpaired) electrons. The SMILES string of the molecule is Brc1ccc2c(c1)S(c1ccc3ccccc3c1)(c1ccc3ccccc3c1)c1cc(Br)ccc1-2. The number of benzene rings is 6. The lowest BCUT2D eigenvalue weighted by Gasteiger charge is -2.39. The van der Waals surface area contributed by atoms with Crippen LogP contribution in [0.4, 0.5) is 0 Å². The molecule has 7 rings (SSSR count). The summed E-state index contributed by atoms with van der Waals surface area (Å²) in [5, 5.41) is 5.09. The maximum Gasteiger partial charge on any atom is 0.0186 e. The molecule has 168 valence electrons. The van der Waals surface area contributed by atoms with Gasteiger partial charge in [-0.25, -0.2) is 0 Å². The van der Waals surface area contributed by atoms with E-state index in [-0.39, 0.29) is 0 Å². The van der Waals surface area contributed by atoms with E-state index in [2.05, 4.69) is 153 Å². The molecule has 6 aromatic rings. The van der Waals surface area contributed by atoms with Crippen LogP contribution >= 0.6 is 41.9 Å². The van der Waals surface area contributed by atoms with Crippen LogP contribution in [0.15, 0.2) is 150 Å². The van der Waals surface area contributed by atoms with Gasteiger partial charge in [0, 0.05) is 28.5 Å². The van der Waals surface area contributed by atoms with Crippen molar-refractivity contribution in [1.29, 1.82) is 0 Å². The van der Waals surface area contributed by atoms with Gasteiger partial charge in [-0.2, -0.15) is 0 Å². The molecule has 0 saturated carbocycles. The number of fused-ring (bicyclic) bond motifs is 5. The van der Waals surface area contributed by atoms with Gasteiger partial charge < -0.3 is 0 Å². The molecule has 3 heteroatoms. The van der Waals surface area contributed by atoms with Crippen LogP contribution in [0.2, 0.25) is 0 Å². The average molecular weight is 596 g/mol. The third kappa shape index (κ3) is 3.19. The van der Waals surface area contributed by atoms with E-state index in [1.54, 1.807) is 0 Å². The lowest BCUT2D eigenvalue weighted by molar-refractivity contribution is 1.30. The summed E-state index contributed by atoms with van der Waals surface area (Å²) in [5.41, 5.74) is 2.65. The predicted octanol–water partition coefficient (Wildman–Crippen LogP) is 10.8. The van der Waals surface area contributed by atoms with Crippen molar-refractivity contribution in [2.24, 2.45) is 0 Å². The van der Waals surface area contributed by atoms with Gasteiger partial charge >= 0.3 is 0 Å². The molecule has 0 aromatic heterocycles. The van der Waals surface area contributed by atoms with E-state index in [0.717, 1.165) is 8.95 Å². The summed E-state index contributed by atoms with van der Waals surface area (Å²) in [5.74, 6) is 0. The summed E-state index contributed by atoms with van der Waals surface area (Å²) in [6.45, 7) is 0. The Kier molecular flexibility index (Phi) is 4.96. The molecular weight excluding hydrogens is 576 g/mol. The van der Waals surface area contributed by atoms with E-state index in [1.165, 1.54) is 52.3 Å².